The molecule has 0 saturated carbocycles. The molecule has 5 nitrogen and oxygen atoms in total. The lowest BCUT2D eigenvalue weighted by atomic mass is 9.97. The molecule has 0 N–H and O–H groups in total. The lowest BCUT2D eigenvalue weighted by Crippen LogP contribution is -2.46. The molecule has 1 unspecified atom stereocenters. The van der Waals surface area contributed by atoms with Crippen LogP contribution in [0.5, 0.6) is 0 Å². The van der Waals surface area contributed by atoms with E-state index in [1.54, 1.807) is 4.90 Å². The molecule has 17 heavy (non-hydrogen) atoms. The number of nitrogens with zero attached hydrogens (tertiary/aromatic N) is 2. The van der Waals surface area contributed by atoms with Crippen LogP contribution in [0, 0.1) is 5.92 Å². The first kappa shape index (κ1) is 13.8. The number of piperidine rings is 1. The molecule has 0 aromatic carbocycles. The summed E-state index contributed by atoms with van der Waals surface area (Å²) < 4.78 is 4.69. The van der Waals surface area contributed by atoms with E-state index >= 15 is 0 Å². The predicted octanol–water partition coefficient (Wildman–Crippen LogP) is 1.33. The Kier molecular flexibility index (Phi) is 5.25. The van der Waals surface area contributed by atoms with Gasteiger partial charge in [0.2, 0.25) is 5.91 Å². The summed E-state index contributed by atoms with van der Waals surface area (Å²) in [5.41, 5.74) is 0. The van der Waals surface area contributed by atoms with Crippen LogP contribution in [-0.2, 0) is 9.53 Å². The van der Waals surface area contributed by atoms with Gasteiger partial charge in [-0.1, -0.05) is 0 Å². The second-order valence-electron chi connectivity index (χ2n) is 4.27. The highest BCUT2D eigenvalue weighted by atomic mass is 16.5. The molecule has 2 amide bonds. The first-order chi connectivity index (χ1) is 8.13. The molecule has 0 aliphatic carbocycles. The molecule has 1 aliphatic rings. The average molecular weight is 242 g/mol. The number of hydrogen-bond donors (Lipinski definition) is 0. The maximum Gasteiger partial charge on any atom is 0.409 e. The lowest BCUT2D eigenvalue weighted by Gasteiger charge is -2.33. The number of rotatable bonds is 3. The maximum absolute atomic E-state index is 12.2. The summed E-state index contributed by atoms with van der Waals surface area (Å²) in [6.07, 6.45) is 1.40. The number of hydrogen-bond acceptors (Lipinski definition) is 3. The monoisotopic (exact) mass is 242 g/mol. The van der Waals surface area contributed by atoms with Gasteiger partial charge in [0.1, 0.15) is 0 Å². The summed E-state index contributed by atoms with van der Waals surface area (Å²) in [5.74, 6) is 0.0892. The Bertz CT molecular complexity index is 277. The summed E-state index contributed by atoms with van der Waals surface area (Å²) in [6.45, 7) is 6.58. The summed E-state index contributed by atoms with van der Waals surface area (Å²) >= 11 is 0. The minimum atomic E-state index is -0.331. The Morgan fingerprint density at radius 2 is 2.00 bits per heavy atom. The molecule has 1 rings (SSSR count). The van der Waals surface area contributed by atoms with E-state index in [2.05, 4.69) is 0 Å². The van der Waals surface area contributed by atoms with E-state index in [4.69, 9.17) is 4.74 Å². The fraction of sp³-hybridized carbons (Fsp3) is 0.833. The van der Waals surface area contributed by atoms with Crippen LogP contribution in [0.25, 0.3) is 0 Å². The Hall–Kier alpha value is -1.26. The summed E-state index contributed by atoms with van der Waals surface area (Å²) in [6, 6.07) is 0. The fourth-order valence-electron chi connectivity index (χ4n) is 2.27. The smallest absolute Gasteiger partial charge is 0.409 e. The SMILES string of the molecule is CCN(CC)C(=O)C1CCCN(C(=O)OC)C1. The molecule has 1 heterocycles. The van der Waals surface area contributed by atoms with Gasteiger partial charge in [-0.05, 0) is 26.7 Å². The van der Waals surface area contributed by atoms with Gasteiger partial charge in [-0.25, -0.2) is 4.79 Å². The standard InChI is InChI=1S/C12H22N2O3/c1-4-13(5-2)11(15)10-7-6-8-14(9-10)12(16)17-3/h10H,4-9H2,1-3H3. The van der Waals surface area contributed by atoms with Crippen molar-refractivity contribution >= 4 is 12.0 Å². The van der Waals surface area contributed by atoms with Crippen LogP contribution >= 0.6 is 0 Å². The molecule has 0 aromatic heterocycles. The van der Waals surface area contributed by atoms with Crippen molar-refractivity contribution in [2.75, 3.05) is 33.3 Å². The lowest BCUT2D eigenvalue weighted by molar-refractivity contribution is -0.136. The van der Waals surface area contributed by atoms with Crippen molar-refractivity contribution in [2.45, 2.75) is 26.7 Å². The minimum absolute atomic E-state index is 0.0669. The molecule has 0 spiro atoms. The highest BCUT2D eigenvalue weighted by molar-refractivity contribution is 5.80. The third-order valence-electron chi connectivity index (χ3n) is 3.28. The second kappa shape index (κ2) is 6.47. The van der Waals surface area contributed by atoms with Crippen molar-refractivity contribution < 1.29 is 14.3 Å². The van der Waals surface area contributed by atoms with E-state index in [-0.39, 0.29) is 17.9 Å². The van der Waals surface area contributed by atoms with Crippen LogP contribution in [0.2, 0.25) is 0 Å². The predicted molar refractivity (Wildman–Crippen MR) is 64.6 cm³/mol. The van der Waals surface area contributed by atoms with Gasteiger partial charge in [0.15, 0.2) is 0 Å². The minimum Gasteiger partial charge on any atom is -0.453 e. The Morgan fingerprint density at radius 3 is 2.53 bits per heavy atom. The van der Waals surface area contributed by atoms with Crippen molar-refractivity contribution in [3.8, 4) is 0 Å². The molecule has 1 aliphatic heterocycles. The van der Waals surface area contributed by atoms with Crippen LogP contribution in [0.4, 0.5) is 4.79 Å². The molecule has 5 heteroatoms. The fourth-order valence-corrected chi connectivity index (χ4v) is 2.27. The highest BCUT2D eigenvalue weighted by Crippen LogP contribution is 2.19. The average Bonchev–Trinajstić information content (AvgIpc) is 2.39. The van der Waals surface area contributed by atoms with E-state index in [1.165, 1.54) is 7.11 Å². The zero-order chi connectivity index (χ0) is 12.8. The zero-order valence-corrected chi connectivity index (χ0v) is 10.9. The molecular weight excluding hydrogens is 220 g/mol. The molecular formula is C12H22N2O3. The molecule has 1 saturated heterocycles. The molecule has 1 atom stereocenters. The van der Waals surface area contributed by atoms with Crippen molar-refractivity contribution in [3.05, 3.63) is 0 Å². The van der Waals surface area contributed by atoms with Crippen molar-refractivity contribution in [1.29, 1.82) is 0 Å². The first-order valence-corrected chi connectivity index (χ1v) is 6.25. The van der Waals surface area contributed by atoms with E-state index in [0.717, 1.165) is 25.9 Å². The van der Waals surface area contributed by atoms with Gasteiger partial charge in [0.05, 0.1) is 13.0 Å². The van der Waals surface area contributed by atoms with E-state index in [9.17, 15) is 9.59 Å². The van der Waals surface area contributed by atoms with Crippen molar-refractivity contribution in [2.24, 2.45) is 5.92 Å². The maximum atomic E-state index is 12.2. The largest absolute Gasteiger partial charge is 0.453 e. The van der Waals surface area contributed by atoms with Gasteiger partial charge < -0.3 is 14.5 Å². The van der Waals surface area contributed by atoms with Gasteiger partial charge in [0, 0.05) is 26.2 Å². The third kappa shape index (κ3) is 3.35. The Labute approximate surface area is 103 Å². The number of likely N-dealkylation sites (tertiary alicyclic amines) is 1. The summed E-state index contributed by atoms with van der Waals surface area (Å²) in [4.78, 5) is 27.0. The first-order valence-electron chi connectivity index (χ1n) is 6.25. The highest BCUT2D eigenvalue weighted by Gasteiger charge is 2.30. The molecule has 1 fully saturated rings. The van der Waals surface area contributed by atoms with Crippen molar-refractivity contribution in [3.63, 3.8) is 0 Å². The molecule has 0 aromatic rings. The van der Waals surface area contributed by atoms with Crippen LogP contribution < -0.4 is 0 Å². The topological polar surface area (TPSA) is 49.9 Å². The number of amides is 2. The number of carbonyl (C=O) groups excluding carboxylic acids is 2. The molecule has 0 radical (unpaired) electrons. The molecule has 0 bridgehead atoms. The number of ether oxygens (including phenoxy) is 1. The van der Waals surface area contributed by atoms with Crippen LogP contribution in [0.1, 0.15) is 26.7 Å². The summed E-state index contributed by atoms with van der Waals surface area (Å²) in [5, 5.41) is 0. The second-order valence-corrected chi connectivity index (χ2v) is 4.27. The van der Waals surface area contributed by atoms with E-state index in [0.29, 0.717) is 13.1 Å². The van der Waals surface area contributed by atoms with Gasteiger partial charge in [-0.2, -0.15) is 0 Å². The van der Waals surface area contributed by atoms with Gasteiger partial charge in [-0.15, -0.1) is 0 Å². The normalized spacial score (nSPS) is 19.9. The van der Waals surface area contributed by atoms with Crippen LogP contribution in [0.15, 0.2) is 0 Å². The third-order valence-corrected chi connectivity index (χ3v) is 3.28. The molecule has 98 valence electrons. The van der Waals surface area contributed by atoms with E-state index in [1.807, 2.05) is 18.7 Å². The Morgan fingerprint density at radius 1 is 1.35 bits per heavy atom. The Balaban J connectivity index is 2.60. The van der Waals surface area contributed by atoms with Gasteiger partial charge in [0.25, 0.3) is 0 Å². The van der Waals surface area contributed by atoms with Gasteiger partial charge >= 0.3 is 6.09 Å². The number of methoxy groups -OCH3 is 1. The van der Waals surface area contributed by atoms with E-state index < -0.39 is 0 Å². The van der Waals surface area contributed by atoms with Crippen LogP contribution in [0.3, 0.4) is 0 Å². The summed E-state index contributed by atoms with van der Waals surface area (Å²) in [7, 11) is 1.37. The zero-order valence-electron chi connectivity index (χ0n) is 10.9. The van der Waals surface area contributed by atoms with Gasteiger partial charge in [-0.3, -0.25) is 4.79 Å². The number of carbonyl (C=O) groups is 2. The van der Waals surface area contributed by atoms with Crippen molar-refractivity contribution in [1.82, 2.24) is 9.80 Å². The van der Waals surface area contributed by atoms with Crippen LogP contribution in [-0.4, -0.2) is 55.1 Å². The quantitative estimate of drug-likeness (QED) is 0.750.